The zero-order valence-electron chi connectivity index (χ0n) is 5.34. The maximum absolute atomic E-state index is 10.4. The number of rotatable bonds is 2. The van der Waals surface area contributed by atoms with E-state index >= 15 is 0 Å². The van der Waals surface area contributed by atoms with E-state index in [0.717, 1.165) is 0 Å². The summed E-state index contributed by atoms with van der Waals surface area (Å²) in [5.41, 5.74) is 4.34. The molecule has 0 saturated heterocycles. The first kappa shape index (κ1) is 7.84. The highest BCUT2D eigenvalue weighted by Gasteiger charge is 2.11. The summed E-state index contributed by atoms with van der Waals surface area (Å²) in [5.74, 6) is 0. The quantitative estimate of drug-likeness (QED) is 0.412. The molecule has 0 atom stereocenters. The van der Waals surface area contributed by atoms with Gasteiger partial charge in [-0.05, 0) is 13.8 Å². The number of hydroxylamine groups is 2. The van der Waals surface area contributed by atoms with Gasteiger partial charge in [0.1, 0.15) is 0 Å². The number of hydrogen-bond acceptors (Lipinski definition) is 4. The van der Waals surface area contributed by atoms with Crippen LogP contribution in [0.5, 0.6) is 0 Å². The standard InChI is InChI=1S/C4H11N2O2/c1-4(2,5)6(7)8-3/h5H2,1-3H3/q-1. The highest BCUT2D eigenvalue weighted by Crippen LogP contribution is 2.02. The van der Waals surface area contributed by atoms with Gasteiger partial charge < -0.3 is 15.8 Å². The van der Waals surface area contributed by atoms with Crippen LogP contribution < -0.4 is 5.73 Å². The van der Waals surface area contributed by atoms with Crippen LogP contribution in [0.25, 0.3) is 0 Å². The van der Waals surface area contributed by atoms with Crippen LogP contribution in [0, 0.1) is 5.21 Å². The van der Waals surface area contributed by atoms with Gasteiger partial charge in [-0.15, -0.1) is 0 Å². The average molecular weight is 119 g/mol. The molecule has 0 spiro atoms. The third-order valence-corrected chi connectivity index (χ3v) is 0.636. The van der Waals surface area contributed by atoms with Crippen molar-refractivity contribution < 1.29 is 4.84 Å². The van der Waals surface area contributed by atoms with E-state index in [9.17, 15) is 5.21 Å². The normalized spacial score (nSPS) is 12.8. The van der Waals surface area contributed by atoms with Crippen LogP contribution in [-0.4, -0.2) is 18.0 Å². The van der Waals surface area contributed by atoms with Gasteiger partial charge in [-0.25, -0.2) is 5.23 Å². The van der Waals surface area contributed by atoms with E-state index in [2.05, 4.69) is 4.84 Å². The Balaban J connectivity index is 3.62. The van der Waals surface area contributed by atoms with Crippen LogP contribution in [-0.2, 0) is 4.84 Å². The molecule has 0 radical (unpaired) electrons. The fourth-order valence-corrected chi connectivity index (χ4v) is 0.235. The molecule has 8 heavy (non-hydrogen) atoms. The van der Waals surface area contributed by atoms with Crippen molar-refractivity contribution in [1.82, 2.24) is 5.23 Å². The third kappa shape index (κ3) is 2.23. The van der Waals surface area contributed by atoms with Gasteiger partial charge >= 0.3 is 0 Å². The molecule has 0 saturated carbocycles. The summed E-state index contributed by atoms with van der Waals surface area (Å²) in [4.78, 5) is 4.27. The van der Waals surface area contributed by atoms with E-state index in [1.54, 1.807) is 13.8 Å². The molecule has 0 aromatic rings. The Bertz CT molecular complexity index is 68.9. The number of hydrogen-bond donors (Lipinski definition) is 1. The van der Waals surface area contributed by atoms with E-state index in [1.165, 1.54) is 7.11 Å². The van der Waals surface area contributed by atoms with E-state index in [4.69, 9.17) is 5.73 Å². The van der Waals surface area contributed by atoms with Crippen LogP contribution in [0.1, 0.15) is 13.8 Å². The number of nitrogens with zero attached hydrogens (tertiary/aromatic N) is 1. The molecule has 0 amide bonds. The second-order valence-corrected chi connectivity index (χ2v) is 2.09. The molecule has 2 N–H and O–H groups in total. The Morgan fingerprint density at radius 3 is 2.00 bits per heavy atom. The lowest BCUT2D eigenvalue weighted by Gasteiger charge is -2.37. The summed E-state index contributed by atoms with van der Waals surface area (Å²) < 4.78 is 0. The smallest absolute Gasteiger partial charge is 0.0740 e. The predicted octanol–water partition coefficient (Wildman–Crippen LogP) is 0.0424. The highest BCUT2D eigenvalue weighted by molar-refractivity contribution is 4.66. The summed E-state index contributed by atoms with van der Waals surface area (Å²) in [6.07, 6.45) is 0. The van der Waals surface area contributed by atoms with Gasteiger partial charge in [0.05, 0.1) is 12.8 Å². The third-order valence-electron chi connectivity index (χ3n) is 0.636. The summed E-state index contributed by atoms with van der Waals surface area (Å²) >= 11 is 0. The van der Waals surface area contributed by atoms with Crippen molar-refractivity contribution in [3.8, 4) is 0 Å². The second-order valence-electron chi connectivity index (χ2n) is 2.09. The van der Waals surface area contributed by atoms with E-state index < -0.39 is 5.66 Å². The molecule has 0 fully saturated rings. The van der Waals surface area contributed by atoms with Crippen LogP contribution in [0.15, 0.2) is 0 Å². The largest absolute Gasteiger partial charge is 0.761 e. The van der Waals surface area contributed by atoms with Gasteiger partial charge in [0.15, 0.2) is 0 Å². The van der Waals surface area contributed by atoms with E-state index in [1.807, 2.05) is 0 Å². The van der Waals surface area contributed by atoms with Crippen LogP contribution in [0.2, 0.25) is 0 Å². The average Bonchev–Trinajstić information content (AvgIpc) is 1.62. The van der Waals surface area contributed by atoms with Crippen molar-refractivity contribution in [3.63, 3.8) is 0 Å². The molecule has 0 aliphatic rings. The van der Waals surface area contributed by atoms with Crippen molar-refractivity contribution in [1.29, 1.82) is 0 Å². The minimum atomic E-state index is -0.936. The van der Waals surface area contributed by atoms with Crippen molar-refractivity contribution >= 4 is 0 Å². The van der Waals surface area contributed by atoms with Crippen LogP contribution in [0.4, 0.5) is 0 Å². The van der Waals surface area contributed by atoms with E-state index in [-0.39, 0.29) is 0 Å². The van der Waals surface area contributed by atoms with Crippen molar-refractivity contribution in [3.05, 3.63) is 5.21 Å². The lowest BCUT2D eigenvalue weighted by atomic mass is 10.3. The van der Waals surface area contributed by atoms with Crippen molar-refractivity contribution in [2.45, 2.75) is 19.5 Å². The SMILES string of the molecule is CON([O-])C(C)(C)N. The highest BCUT2D eigenvalue weighted by atomic mass is 16.9. The molecule has 0 aliphatic carbocycles. The molecule has 0 aliphatic heterocycles. The lowest BCUT2D eigenvalue weighted by molar-refractivity contribution is -0.150. The van der Waals surface area contributed by atoms with Gasteiger partial charge in [-0.1, -0.05) is 0 Å². The minimum Gasteiger partial charge on any atom is -0.761 e. The first-order valence-corrected chi connectivity index (χ1v) is 2.29. The zero-order valence-corrected chi connectivity index (χ0v) is 5.34. The van der Waals surface area contributed by atoms with Gasteiger partial charge in [-0.2, -0.15) is 0 Å². The van der Waals surface area contributed by atoms with Crippen LogP contribution in [0.3, 0.4) is 0 Å². The fraction of sp³-hybridized carbons (Fsp3) is 1.00. The zero-order chi connectivity index (χ0) is 6.78. The number of nitrogens with two attached hydrogens (primary N) is 1. The Hall–Kier alpha value is -0.160. The maximum atomic E-state index is 10.4. The molecule has 50 valence electrons. The molecule has 0 aromatic heterocycles. The lowest BCUT2D eigenvalue weighted by Crippen LogP contribution is -2.47. The topological polar surface area (TPSA) is 61.5 Å². The first-order chi connectivity index (χ1) is 3.48. The first-order valence-electron chi connectivity index (χ1n) is 2.29. The monoisotopic (exact) mass is 119 g/mol. The van der Waals surface area contributed by atoms with E-state index in [0.29, 0.717) is 5.23 Å². The fourth-order valence-electron chi connectivity index (χ4n) is 0.235. The Morgan fingerprint density at radius 2 is 2.00 bits per heavy atom. The van der Waals surface area contributed by atoms with Crippen LogP contribution >= 0.6 is 0 Å². The molecule has 4 nitrogen and oxygen atoms in total. The van der Waals surface area contributed by atoms with Gasteiger partial charge in [0.2, 0.25) is 0 Å². The molecular formula is C4H11N2O2-. The van der Waals surface area contributed by atoms with Gasteiger partial charge in [-0.3, -0.25) is 0 Å². The summed E-state index contributed by atoms with van der Waals surface area (Å²) in [6.45, 7) is 3.12. The predicted molar refractivity (Wildman–Crippen MR) is 30.5 cm³/mol. The molecule has 0 heterocycles. The van der Waals surface area contributed by atoms with Gasteiger partial charge in [0.25, 0.3) is 0 Å². The molecule has 0 rings (SSSR count). The maximum Gasteiger partial charge on any atom is 0.0740 e. The second kappa shape index (κ2) is 2.41. The Kier molecular flexibility index (Phi) is 2.36. The summed E-state index contributed by atoms with van der Waals surface area (Å²) in [7, 11) is 1.28. The molecular weight excluding hydrogens is 108 g/mol. The molecule has 0 aromatic carbocycles. The van der Waals surface area contributed by atoms with Crippen molar-refractivity contribution in [2.75, 3.05) is 7.11 Å². The summed E-state index contributed by atoms with van der Waals surface area (Å²) in [6, 6.07) is 0. The molecule has 4 heteroatoms. The van der Waals surface area contributed by atoms with Gasteiger partial charge in [0, 0.05) is 0 Å². The molecule has 0 unspecified atom stereocenters. The summed E-state index contributed by atoms with van der Waals surface area (Å²) in [5, 5.41) is 10.7. The Labute approximate surface area is 48.7 Å². The minimum absolute atomic E-state index is 0.340. The Morgan fingerprint density at radius 1 is 1.62 bits per heavy atom. The van der Waals surface area contributed by atoms with Crippen molar-refractivity contribution in [2.24, 2.45) is 5.73 Å². The molecule has 0 bridgehead atoms.